The van der Waals surface area contributed by atoms with Gasteiger partial charge in [-0.2, -0.15) is 0 Å². The summed E-state index contributed by atoms with van der Waals surface area (Å²) in [4.78, 5) is 29.4. The lowest BCUT2D eigenvalue weighted by Gasteiger charge is -2.34. The van der Waals surface area contributed by atoms with Crippen LogP contribution in [0.3, 0.4) is 0 Å². The number of carbonyl (C=O) groups is 2. The third kappa shape index (κ3) is 4.11. The van der Waals surface area contributed by atoms with Gasteiger partial charge >= 0.3 is 0 Å². The van der Waals surface area contributed by atoms with Gasteiger partial charge in [0.2, 0.25) is 0 Å². The maximum absolute atomic E-state index is 13.4. The van der Waals surface area contributed by atoms with E-state index in [1.165, 1.54) is 10.4 Å². The van der Waals surface area contributed by atoms with E-state index in [0.717, 1.165) is 55.8 Å². The molecule has 1 aliphatic carbocycles. The number of hydrogen-bond acceptors (Lipinski definition) is 3. The lowest BCUT2D eigenvalue weighted by molar-refractivity contribution is 0.0792. The second kappa shape index (κ2) is 7.94. The monoisotopic (exact) mass is 410 g/mol. The summed E-state index contributed by atoms with van der Waals surface area (Å²) in [6.07, 6.45) is 5.14. The van der Waals surface area contributed by atoms with E-state index in [2.05, 4.69) is 26.1 Å². The summed E-state index contributed by atoms with van der Waals surface area (Å²) in [5.74, 6) is 0.547. The van der Waals surface area contributed by atoms with Gasteiger partial charge in [0.05, 0.1) is 5.56 Å². The Morgan fingerprint density at radius 1 is 1.10 bits per heavy atom. The second-order valence-corrected chi connectivity index (χ2v) is 10.4. The number of thiophene rings is 1. The summed E-state index contributed by atoms with van der Waals surface area (Å²) in [5, 5.41) is 3.81. The van der Waals surface area contributed by atoms with Gasteiger partial charge in [-0.25, -0.2) is 0 Å². The third-order valence-corrected chi connectivity index (χ3v) is 7.53. The number of rotatable bonds is 3. The van der Waals surface area contributed by atoms with Crippen molar-refractivity contribution < 1.29 is 9.59 Å². The molecule has 0 bridgehead atoms. The van der Waals surface area contributed by atoms with Crippen molar-refractivity contribution in [1.82, 2.24) is 4.90 Å². The van der Waals surface area contributed by atoms with Crippen LogP contribution in [0.15, 0.2) is 30.3 Å². The molecule has 4 rings (SSSR count). The van der Waals surface area contributed by atoms with Crippen molar-refractivity contribution in [3.63, 3.8) is 0 Å². The zero-order valence-corrected chi connectivity index (χ0v) is 18.4. The van der Waals surface area contributed by atoms with Gasteiger partial charge in [-0.3, -0.25) is 9.59 Å². The molecule has 29 heavy (non-hydrogen) atoms. The Labute approximate surface area is 177 Å². The van der Waals surface area contributed by atoms with Crippen LogP contribution in [0.1, 0.15) is 71.2 Å². The predicted molar refractivity (Wildman–Crippen MR) is 119 cm³/mol. The first-order valence-electron chi connectivity index (χ1n) is 10.6. The molecule has 2 amide bonds. The van der Waals surface area contributed by atoms with Crippen molar-refractivity contribution in [2.75, 3.05) is 18.4 Å². The van der Waals surface area contributed by atoms with Gasteiger partial charge in [0.15, 0.2) is 0 Å². The number of amides is 2. The topological polar surface area (TPSA) is 49.4 Å². The van der Waals surface area contributed by atoms with Crippen LogP contribution >= 0.6 is 11.3 Å². The maximum atomic E-state index is 13.4. The number of likely N-dealkylation sites (tertiary alicyclic amines) is 1. The minimum absolute atomic E-state index is 0.0950. The van der Waals surface area contributed by atoms with Crippen LogP contribution in [-0.2, 0) is 12.8 Å². The number of fused-ring (bicyclic) bond motifs is 1. The Bertz CT molecular complexity index is 905. The van der Waals surface area contributed by atoms with Gasteiger partial charge in [-0.1, -0.05) is 39.0 Å². The van der Waals surface area contributed by atoms with E-state index in [0.29, 0.717) is 11.5 Å². The van der Waals surface area contributed by atoms with Crippen molar-refractivity contribution in [3.8, 4) is 0 Å². The van der Waals surface area contributed by atoms with Gasteiger partial charge < -0.3 is 10.2 Å². The molecular weight excluding hydrogens is 380 g/mol. The molecule has 2 heterocycles. The highest BCUT2D eigenvalue weighted by molar-refractivity contribution is 7.17. The first kappa shape index (κ1) is 20.1. The number of anilines is 1. The zero-order valence-electron chi connectivity index (χ0n) is 17.6. The van der Waals surface area contributed by atoms with E-state index < -0.39 is 0 Å². The molecule has 1 fully saturated rings. The van der Waals surface area contributed by atoms with Crippen molar-refractivity contribution >= 4 is 28.2 Å². The SMILES string of the molecule is CC(C)(C)C1CCc2c(sc(NC(=O)c3ccccc3)c2C(=O)N2CCCC2)C1. The Morgan fingerprint density at radius 3 is 2.45 bits per heavy atom. The van der Waals surface area contributed by atoms with Crippen molar-refractivity contribution in [1.29, 1.82) is 0 Å². The van der Waals surface area contributed by atoms with E-state index in [9.17, 15) is 9.59 Å². The summed E-state index contributed by atoms with van der Waals surface area (Å²) in [7, 11) is 0. The number of nitrogens with zero attached hydrogens (tertiary/aromatic N) is 1. The molecule has 0 spiro atoms. The molecule has 2 aromatic rings. The van der Waals surface area contributed by atoms with Gasteiger partial charge in [0.1, 0.15) is 5.00 Å². The fourth-order valence-corrected chi connectivity index (χ4v) is 5.80. The average Bonchev–Trinajstić information content (AvgIpc) is 3.35. The van der Waals surface area contributed by atoms with Crippen LogP contribution in [0.25, 0.3) is 0 Å². The normalized spacial score (nSPS) is 19.1. The average molecular weight is 411 g/mol. The molecule has 5 heteroatoms. The van der Waals surface area contributed by atoms with Crippen molar-refractivity contribution in [2.45, 2.75) is 52.9 Å². The van der Waals surface area contributed by atoms with Gasteiger partial charge in [-0.05, 0) is 61.1 Å². The molecule has 4 nitrogen and oxygen atoms in total. The number of hydrogen-bond donors (Lipinski definition) is 1. The van der Waals surface area contributed by atoms with E-state index >= 15 is 0 Å². The first-order chi connectivity index (χ1) is 13.8. The van der Waals surface area contributed by atoms with Gasteiger partial charge in [-0.15, -0.1) is 11.3 Å². The quantitative estimate of drug-likeness (QED) is 0.738. The van der Waals surface area contributed by atoms with Crippen LogP contribution in [0.4, 0.5) is 5.00 Å². The fraction of sp³-hybridized carbons (Fsp3) is 0.500. The summed E-state index contributed by atoms with van der Waals surface area (Å²) in [6, 6.07) is 9.23. The highest BCUT2D eigenvalue weighted by Crippen LogP contribution is 2.45. The molecule has 154 valence electrons. The van der Waals surface area contributed by atoms with Crippen molar-refractivity contribution in [3.05, 3.63) is 51.9 Å². The molecule has 1 aromatic heterocycles. The third-order valence-electron chi connectivity index (χ3n) is 6.36. The summed E-state index contributed by atoms with van der Waals surface area (Å²) < 4.78 is 0. The van der Waals surface area contributed by atoms with E-state index in [1.807, 2.05) is 23.1 Å². The van der Waals surface area contributed by atoms with E-state index in [1.54, 1.807) is 23.5 Å². The molecule has 1 N–H and O–H groups in total. The summed E-state index contributed by atoms with van der Waals surface area (Å²) in [5.41, 5.74) is 2.79. The Hall–Kier alpha value is -2.14. The van der Waals surface area contributed by atoms with Gasteiger partial charge in [0, 0.05) is 23.5 Å². The standard InChI is InChI=1S/C24H30N2O2S/c1-24(2,3)17-11-12-18-19(15-17)29-22(20(18)23(28)26-13-7-8-14-26)25-21(27)16-9-5-4-6-10-16/h4-6,9-10,17H,7-8,11-15H2,1-3H3,(H,25,27). The van der Waals surface area contributed by atoms with E-state index in [-0.39, 0.29) is 17.2 Å². The molecular formula is C24H30N2O2S. The van der Waals surface area contributed by atoms with Crippen molar-refractivity contribution in [2.24, 2.45) is 11.3 Å². The minimum Gasteiger partial charge on any atom is -0.339 e. The highest BCUT2D eigenvalue weighted by atomic mass is 32.1. The van der Waals surface area contributed by atoms with Crippen LogP contribution in [0.2, 0.25) is 0 Å². The zero-order chi connectivity index (χ0) is 20.6. The summed E-state index contributed by atoms with van der Waals surface area (Å²) >= 11 is 1.61. The molecule has 0 saturated carbocycles. The smallest absolute Gasteiger partial charge is 0.257 e. The maximum Gasteiger partial charge on any atom is 0.257 e. The number of nitrogens with one attached hydrogen (secondary N) is 1. The predicted octanol–water partition coefficient (Wildman–Crippen LogP) is 5.39. The highest BCUT2D eigenvalue weighted by Gasteiger charge is 2.35. The Balaban J connectivity index is 1.68. The first-order valence-corrected chi connectivity index (χ1v) is 11.5. The van der Waals surface area contributed by atoms with Crippen LogP contribution in [0, 0.1) is 11.3 Å². The lowest BCUT2D eigenvalue weighted by Crippen LogP contribution is -2.30. The molecule has 1 aromatic carbocycles. The Morgan fingerprint density at radius 2 is 1.79 bits per heavy atom. The molecule has 1 aliphatic heterocycles. The second-order valence-electron chi connectivity index (χ2n) is 9.33. The molecule has 1 unspecified atom stereocenters. The van der Waals surface area contributed by atoms with E-state index in [4.69, 9.17) is 0 Å². The molecule has 0 radical (unpaired) electrons. The van der Waals surface area contributed by atoms with Crippen LogP contribution in [0.5, 0.6) is 0 Å². The van der Waals surface area contributed by atoms with Crippen LogP contribution < -0.4 is 5.32 Å². The molecule has 1 saturated heterocycles. The largest absolute Gasteiger partial charge is 0.339 e. The minimum atomic E-state index is -0.146. The summed E-state index contributed by atoms with van der Waals surface area (Å²) in [6.45, 7) is 8.53. The number of benzene rings is 1. The molecule has 1 atom stereocenters. The van der Waals surface area contributed by atoms with Gasteiger partial charge in [0.25, 0.3) is 11.8 Å². The van der Waals surface area contributed by atoms with Crippen LogP contribution in [-0.4, -0.2) is 29.8 Å². The lowest BCUT2D eigenvalue weighted by atomic mass is 9.72. The fourth-order valence-electron chi connectivity index (χ4n) is 4.48. The molecule has 2 aliphatic rings. The Kier molecular flexibility index (Phi) is 5.52. The number of carbonyl (C=O) groups excluding carboxylic acids is 2.